The largest absolute Gasteiger partial charge is 0.481 e. The zero-order chi connectivity index (χ0) is 24.4. The van der Waals surface area contributed by atoms with E-state index in [2.05, 4.69) is 23.3 Å². The van der Waals surface area contributed by atoms with Crippen molar-refractivity contribution in [3.63, 3.8) is 0 Å². The lowest BCUT2D eigenvalue weighted by Crippen LogP contribution is -2.25. The monoisotopic (exact) mass is 466 g/mol. The van der Waals surface area contributed by atoms with Gasteiger partial charge in [0, 0.05) is 28.9 Å². The number of hydrogen-bond donors (Lipinski definition) is 2. The Morgan fingerprint density at radius 1 is 0.941 bits per heavy atom. The minimum Gasteiger partial charge on any atom is -0.481 e. The van der Waals surface area contributed by atoms with Gasteiger partial charge in [0.25, 0.3) is 0 Å². The zero-order valence-corrected chi connectivity index (χ0v) is 20.8. The average molecular weight is 467 g/mol. The lowest BCUT2D eigenvalue weighted by atomic mass is 9.99. The molecule has 0 fully saturated rings. The lowest BCUT2D eigenvalue weighted by molar-refractivity contribution is -0.140. The van der Waals surface area contributed by atoms with Crippen LogP contribution in [0.25, 0.3) is 10.8 Å². The van der Waals surface area contributed by atoms with Crippen LogP contribution in [0.3, 0.4) is 0 Å². The summed E-state index contributed by atoms with van der Waals surface area (Å²) in [6, 6.07) is 7.48. The number of aromatic nitrogens is 1. The molecular formula is C29H42N2O3. The summed E-state index contributed by atoms with van der Waals surface area (Å²) in [7, 11) is 0. The maximum Gasteiger partial charge on any atom is 0.304 e. The van der Waals surface area contributed by atoms with E-state index in [-0.39, 0.29) is 12.3 Å². The molecule has 0 aliphatic rings. The molecule has 5 nitrogen and oxygen atoms in total. The Balaban J connectivity index is 1.67. The first-order valence-corrected chi connectivity index (χ1v) is 13.1. The Labute approximate surface area is 205 Å². The maximum atomic E-state index is 12.8. The molecule has 0 unspecified atom stereocenters. The fourth-order valence-corrected chi connectivity index (χ4v) is 4.26. The summed E-state index contributed by atoms with van der Waals surface area (Å²) in [6.45, 7) is 2.26. The Bertz CT molecular complexity index is 889. The number of nitrogens with zero attached hydrogens (tertiary/aromatic N) is 1. The highest BCUT2D eigenvalue weighted by molar-refractivity contribution is 6.03. The highest BCUT2D eigenvalue weighted by atomic mass is 16.4. The van der Waals surface area contributed by atoms with Crippen LogP contribution in [0.2, 0.25) is 0 Å². The van der Waals surface area contributed by atoms with E-state index >= 15 is 0 Å². The number of amides is 1. The summed E-state index contributed by atoms with van der Waals surface area (Å²) in [6.07, 6.45) is 23.3. The molecule has 0 aliphatic carbocycles. The van der Waals surface area contributed by atoms with Crippen molar-refractivity contribution < 1.29 is 14.7 Å². The van der Waals surface area contributed by atoms with Gasteiger partial charge in [-0.05, 0) is 31.4 Å². The van der Waals surface area contributed by atoms with E-state index in [1.807, 2.05) is 30.3 Å². The number of nitrogens with one attached hydrogen (secondary N) is 1. The van der Waals surface area contributed by atoms with Crippen molar-refractivity contribution in [2.75, 3.05) is 5.32 Å². The normalized spacial score (nSPS) is 12.3. The Kier molecular flexibility index (Phi) is 13.7. The van der Waals surface area contributed by atoms with Crippen LogP contribution in [-0.2, 0) is 9.59 Å². The van der Waals surface area contributed by atoms with Crippen LogP contribution >= 0.6 is 0 Å². The summed E-state index contributed by atoms with van der Waals surface area (Å²) in [4.78, 5) is 28.3. The molecule has 0 bridgehead atoms. The minimum atomic E-state index is -0.957. The first-order valence-electron chi connectivity index (χ1n) is 13.1. The van der Waals surface area contributed by atoms with Crippen LogP contribution in [0.5, 0.6) is 0 Å². The molecule has 2 N–H and O–H groups in total. The fraction of sp³-hybridized carbons (Fsp3) is 0.552. The second-order valence-electron chi connectivity index (χ2n) is 9.22. The first kappa shape index (κ1) is 27.6. The number of carboxylic acids is 1. The molecule has 0 spiro atoms. The highest BCUT2D eigenvalue weighted by Gasteiger charge is 2.21. The number of pyridine rings is 1. The number of hydrogen-bond acceptors (Lipinski definition) is 3. The molecule has 1 atom stereocenters. The predicted octanol–water partition coefficient (Wildman–Crippen LogP) is 7.91. The van der Waals surface area contributed by atoms with Gasteiger partial charge in [-0.15, -0.1) is 0 Å². The molecule has 1 heterocycles. The van der Waals surface area contributed by atoms with Gasteiger partial charge < -0.3 is 10.4 Å². The third kappa shape index (κ3) is 11.0. The molecule has 0 saturated carbocycles. The molecule has 1 aromatic heterocycles. The van der Waals surface area contributed by atoms with Gasteiger partial charge in [-0.25, -0.2) is 0 Å². The minimum absolute atomic E-state index is 0.180. The van der Waals surface area contributed by atoms with Gasteiger partial charge >= 0.3 is 5.97 Å². The number of carbonyl (C=O) groups excluding carboxylic acids is 1. The van der Waals surface area contributed by atoms with Gasteiger partial charge in [0.15, 0.2) is 0 Å². The molecule has 5 heteroatoms. The van der Waals surface area contributed by atoms with Gasteiger partial charge in [0.2, 0.25) is 5.91 Å². The quantitative estimate of drug-likeness (QED) is 0.173. The smallest absolute Gasteiger partial charge is 0.304 e. The van der Waals surface area contributed by atoms with Crippen LogP contribution in [0, 0.1) is 5.92 Å². The molecule has 186 valence electrons. The maximum absolute atomic E-state index is 12.8. The fourth-order valence-electron chi connectivity index (χ4n) is 4.26. The van der Waals surface area contributed by atoms with Crippen molar-refractivity contribution in [2.24, 2.45) is 5.92 Å². The standard InChI is InChI=1S/C29H42N2O3/c1-2-3-4-5-6-7-8-9-10-11-12-13-14-15-17-24(22-28(32)33)29(34)31-27-19-16-18-25-23-30-21-20-26(25)27/h14-16,18-21,23-24H,2-13,17,22H2,1H3,(H,31,34)(H,32,33)/b15-14-/t24-/m0/s1. The molecule has 0 saturated heterocycles. The van der Waals surface area contributed by atoms with E-state index in [1.54, 1.807) is 12.4 Å². The second-order valence-corrected chi connectivity index (χ2v) is 9.22. The van der Waals surface area contributed by atoms with E-state index in [4.69, 9.17) is 0 Å². The summed E-state index contributed by atoms with van der Waals surface area (Å²) in [5, 5.41) is 14.0. The lowest BCUT2D eigenvalue weighted by Gasteiger charge is -2.14. The van der Waals surface area contributed by atoms with Gasteiger partial charge in [-0.1, -0.05) is 95.4 Å². The van der Waals surface area contributed by atoms with Gasteiger partial charge in [0.05, 0.1) is 12.3 Å². The molecule has 0 aliphatic heterocycles. The van der Waals surface area contributed by atoms with Crippen molar-refractivity contribution in [3.8, 4) is 0 Å². The van der Waals surface area contributed by atoms with Crippen molar-refractivity contribution in [1.82, 2.24) is 4.98 Å². The summed E-state index contributed by atoms with van der Waals surface area (Å²) >= 11 is 0. The van der Waals surface area contributed by atoms with E-state index in [1.165, 1.54) is 64.2 Å². The van der Waals surface area contributed by atoms with E-state index in [9.17, 15) is 14.7 Å². The zero-order valence-electron chi connectivity index (χ0n) is 20.8. The number of benzene rings is 1. The van der Waals surface area contributed by atoms with E-state index in [0.717, 1.165) is 23.6 Å². The third-order valence-electron chi connectivity index (χ3n) is 6.29. The SMILES string of the molecule is CCCCCCCCCCCCC/C=C\C[C@@H](CC(=O)O)C(=O)Nc1cccc2cnccc12. The number of anilines is 1. The number of unbranched alkanes of at least 4 members (excludes halogenated alkanes) is 11. The van der Waals surface area contributed by atoms with E-state index < -0.39 is 11.9 Å². The summed E-state index contributed by atoms with van der Waals surface area (Å²) in [5.41, 5.74) is 0.685. The molecule has 34 heavy (non-hydrogen) atoms. The van der Waals surface area contributed by atoms with Crippen LogP contribution in [-0.4, -0.2) is 22.0 Å². The second kappa shape index (κ2) is 16.9. The van der Waals surface area contributed by atoms with Crippen LogP contribution in [0.1, 0.15) is 96.8 Å². The number of carboxylic acid groups (broad SMARTS) is 1. The van der Waals surface area contributed by atoms with Crippen molar-refractivity contribution in [1.29, 1.82) is 0 Å². The highest BCUT2D eigenvalue weighted by Crippen LogP contribution is 2.24. The topological polar surface area (TPSA) is 79.3 Å². The van der Waals surface area contributed by atoms with Crippen LogP contribution in [0.15, 0.2) is 48.8 Å². The molecule has 1 amide bonds. The predicted molar refractivity (Wildman–Crippen MR) is 141 cm³/mol. The molecule has 1 aromatic carbocycles. The van der Waals surface area contributed by atoms with Crippen molar-refractivity contribution in [2.45, 2.75) is 96.8 Å². The van der Waals surface area contributed by atoms with Crippen LogP contribution < -0.4 is 5.32 Å². The van der Waals surface area contributed by atoms with Gasteiger partial charge in [-0.3, -0.25) is 14.6 Å². The van der Waals surface area contributed by atoms with Crippen molar-refractivity contribution >= 4 is 28.3 Å². The summed E-state index contributed by atoms with van der Waals surface area (Å²) in [5.74, 6) is -1.81. The van der Waals surface area contributed by atoms with Crippen molar-refractivity contribution in [3.05, 3.63) is 48.8 Å². The van der Waals surface area contributed by atoms with Gasteiger partial charge in [-0.2, -0.15) is 0 Å². The van der Waals surface area contributed by atoms with Gasteiger partial charge in [0.1, 0.15) is 0 Å². The number of allylic oxidation sites excluding steroid dienone is 2. The molecule has 0 radical (unpaired) electrons. The Morgan fingerprint density at radius 3 is 2.29 bits per heavy atom. The molecular weight excluding hydrogens is 424 g/mol. The number of rotatable bonds is 18. The Morgan fingerprint density at radius 2 is 1.62 bits per heavy atom. The number of aliphatic carboxylic acids is 1. The van der Waals surface area contributed by atoms with Crippen LogP contribution in [0.4, 0.5) is 5.69 Å². The Hall–Kier alpha value is -2.69. The average Bonchev–Trinajstić information content (AvgIpc) is 2.83. The number of carbonyl (C=O) groups is 2. The summed E-state index contributed by atoms with van der Waals surface area (Å²) < 4.78 is 0. The third-order valence-corrected chi connectivity index (χ3v) is 6.29. The number of fused-ring (bicyclic) bond motifs is 1. The van der Waals surface area contributed by atoms with E-state index in [0.29, 0.717) is 12.1 Å². The molecule has 2 rings (SSSR count). The molecule has 2 aromatic rings. The first-order chi connectivity index (χ1) is 16.6.